The van der Waals surface area contributed by atoms with E-state index in [1.54, 1.807) is 0 Å². The van der Waals surface area contributed by atoms with Gasteiger partial charge in [0.2, 0.25) is 0 Å². The molecule has 232 valence electrons. The summed E-state index contributed by atoms with van der Waals surface area (Å²) in [6.07, 6.45) is 0. The van der Waals surface area contributed by atoms with Gasteiger partial charge in [-0.15, -0.1) is 0 Å². The molecule has 8 aromatic carbocycles. The average Bonchev–Trinajstić information content (AvgIpc) is 3.53. The average molecular weight is 635 g/mol. The molecular formula is C48H30N2. The molecule has 0 atom stereocenters. The van der Waals surface area contributed by atoms with Gasteiger partial charge in [0.15, 0.2) is 5.82 Å². The summed E-state index contributed by atoms with van der Waals surface area (Å²) in [6.45, 7) is 0. The maximum atomic E-state index is 5.08. The molecule has 2 nitrogen and oxygen atoms in total. The van der Waals surface area contributed by atoms with Crippen LogP contribution in [0.3, 0.4) is 0 Å². The molecule has 0 radical (unpaired) electrons. The van der Waals surface area contributed by atoms with Crippen LogP contribution >= 0.6 is 0 Å². The van der Waals surface area contributed by atoms with E-state index in [1.807, 2.05) is 24.3 Å². The minimum absolute atomic E-state index is 0.719. The Kier molecular flexibility index (Phi) is 6.53. The highest BCUT2D eigenvalue weighted by molar-refractivity contribution is 6.20. The van der Waals surface area contributed by atoms with Crippen LogP contribution in [0.5, 0.6) is 0 Å². The maximum absolute atomic E-state index is 5.08. The molecule has 1 heterocycles. The first-order chi connectivity index (χ1) is 24.8. The summed E-state index contributed by atoms with van der Waals surface area (Å²) >= 11 is 0. The molecule has 0 bridgehead atoms. The molecule has 9 aromatic rings. The van der Waals surface area contributed by atoms with Gasteiger partial charge in [0.1, 0.15) is 0 Å². The van der Waals surface area contributed by atoms with E-state index in [9.17, 15) is 0 Å². The molecule has 1 aliphatic carbocycles. The Morgan fingerprint density at radius 3 is 1.56 bits per heavy atom. The molecule has 10 rings (SSSR count). The van der Waals surface area contributed by atoms with Crippen molar-refractivity contribution in [1.82, 2.24) is 9.97 Å². The zero-order valence-corrected chi connectivity index (χ0v) is 27.2. The Balaban J connectivity index is 1.14. The van der Waals surface area contributed by atoms with Crippen molar-refractivity contribution in [1.29, 1.82) is 0 Å². The van der Waals surface area contributed by atoms with E-state index in [1.165, 1.54) is 66.1 Å². The third-order valence-electron chi connectivity index (χ3n) is 10.1. The first-order valence-corrected chi connectivity index (χ1v) is 17.1. The van der Waals surface area contributed by atoms with Crippen molar-refractivity contribution in [3.8, 4) is 78.4 Å². The number of rotatable bonds is 5. The van der Waals surface area contributed by atoms with Crippen molar-refractivity contribution in [2.45, 2.75) is 0 Å². The van der Waals surface area contributed by atoms with Crippen molar-refractivity contribution in [2.75, 3.05) is 0 Å². The minimum Gasteiger partial charge on any atom is -0.228 e. The smallest absolute Gasteiger partial charge is 0.160 e. The zero-order valence-electron chi connectivity index (χ0n) is 27.2. The first-order valence-electron chi connectivity index (χ1n) is 17.1. The third-order valence-corrected chi connectivity index (χ3v) is 10.1. The van der Waals surface area contributed by atoms with E-state index in [0.29, 0.717) is 0 Å². The molecule has 0 saturated carbocycles. The highest BCUT2D eigenvalue weighted by Gasteiger charge is 2.23. The van der Waals surface area contributed by atoms with Gasteiger partial charge in [0.25, 0.3) is 0 Å². The maximum Gasteiger partial charge on any atom is 0.160 e. The Hall–Kier alpha value is -6.64. The van der Waals surface area contributed by atoms with E-state index in [2.05, 4.69) is 158 Å². The van der Waals surface area contributed by atoms with E-state index in [-0.39, 0.29) is 0 Å². The molecule has 0 amide bonds. The van der Waals surface area contributed by atoms with Crippen LogP contribution in [0.1, 0.15) is 0 Å². The van der Waals surface area contributed by atoms with Crippen LogP contribution in [0.4, 0.5) is 0 Å². The molecule has 0 aliphatic heterocycles. The summed E-state index contributed by atoms with van der Waals surface area (Å²) in [6, 6.07) is 65.0. The van der Waals surface area contributed by atoms with Gasteiger partial charge in [-0.05, 0) is 72.1 Å². The lowest BCUT2D eigenvalue weighted by molar-refractivity contribution is 1.18. The number of hydrogen-bond acceptors (Lipinski definition) is 2. The number of hydrogen-bond donors (Lipinski definition) is 0. The Bertz CT molecular complexity index is 2640. The molecule has 0 fully saturated rings. The van der Waals surface area contributed by atoms with Crippen molar-refractivity contribution >= 4 is 21.5 Å². The van der Waals surface area contributed by atoms with Gasteiger partial charge in [-0.2, -0.15) is 0 Å². The van der Waals surface area contributed by atoms with Crippen molar-refractivity contribution < 1.29 is 0 Å². The standard InChI is InChI=1S/C48H30N2/c1-3-13-32(14-4-1)44-30-45(50-48(49-44)35-15-5-2-6-16-35)33-22-24-34(25-23-33)46-36-17-8-7-12-31(36)26-27-42(46)39-28-29-43-38-19-10-9-18-37(38)40-20-11-21-41(39)47(40)43/h1-30H. The van der Waals surface area contributed by atoms with Gasteiger partial charge in [0.05, 0.1) is 11.4 Å². The molecule has 2 heteroatoms. The summed E-state index contributed by atoms with van der Waals surface area (Å²) in [5.74, 6) is 0.719. The summed E-state index contributed by atoms with van der Waals surface area (Å²) in [5, 5.41) is 5.09. The van der Waals surface area contributed by atoms with E-state index in [0.717, 1.165) is 33.9 Å². The second kappa shape index (κ2) is 11.5. The molecule has 0 saturated heterocycles. The topological polar surface area (TPSA) is 25.8 Å². The van der Waals surface area contributed by atoms with Gasteiger partial charge < -0.3 is 0 Å². The fourth-order valence-corrected chi connectivity index (χ4v) is 7.73. The number of aromatic nitrogens is 2. The predicted octanol–water partition coefficient (Wildman–Crippen LogP) is 12.8. The summed E-state index contributed by atoms with van der Waals surface area (Å²) in [7, 11) is 0. The van der Waals surface area contributed by atoms with Crippen molar-refractivity contribution in [3.05, 3.63) is 182 Å². The quantitative estimate of drug-likeness (QED) is 0.188. The molecule has 0 unspecified atom stereocenters. The molecule has 50 heavy (non-hydrogen) atoms. The summed E-state index contributed by atoms with van der Waals surface area (Å²) < 4.78 is 0. The molecular weight excluding hydrogens is 605 g/mol. The minimum atomic E-state index is 0.719. The Labute approximate surface area is 291 Å². The van der Waals surface area contributed by atoms with Gasteiger partial charge in [-0.25, -0.2) is 9.97 Å². The highest BCUT2D eigenvalue weighted by Crippen LogP contribution is 2.50. The van der Waals surface area contributed by atoms with E-state index < -0.39 is 0 Å². The molecule has 1 aromatic heterocycles. The largest absolute Gasteiger partial charge is 0.228 e. The molecule has 0 spiro atoms. The molecule has 0 N–H and O–H groups in total. The van der Waals surface area contributed by atoms with Crippen LogP contribution in [0.15, 0.2) is 182 Å². The van der Waals surface area contributed by atoms with Crippen LogP contribution < -0.4 is 0 Å². The zero-order chi connectivity index (χ0) is 33.0. The van der Waals surface area contributed by atoms with E-state index in [4.69, 9.17) is 9.97 Å². The number of nitrogens with zero attached hydrogens (tertiary/aromatic N) is 2. The van der Waals surface area contributed by atoms with Gasteiger partial charge in [-0.3, -0.25) is 0 Å². The van der Waals surface area contributed by atoms with Gasteiger partial charge in [-0.1, -0.05) is 176 Å². The SMILES string of the molecule is c1ccc(-c2cc(-c3ccc(-c4c(-c5ccc6c7c(cccc57)-c5ccccc5-6)ccc5ccccc45)cc3)nc(-c3ccccc3)n2)cc1. The van der Waals surface area contributed by atoms with Crippen molar-refractivity contribution in [3.63, 3.8) is 0 Å². The van der Waals surface area contributed by atoms with Crippen LogP contribution in [0.25, 0.3) is 100.0 Å². The Morgan fingerprint density at radius 2 is 0.820 bits per heavy atom. The lowest BCUT2D eigenvalue weighted by Gasteiger charge is -2.17. The van der Waals surface area contributed by atoms with Crippen LogP contribution in [-0.2, 0) is 0 Å². The van der Waals surface area contributed by atoms with Gasteiger partial charge in [0, 0.05) is 16.7 Å². The van der Waals surface area contributed by atoms with Crippen LogP contribution in [0, 0.1) is 0 Å². The number of benzene rings is 8. The Morgan fingerprint density at radius 1 is 0.300 bits per heavy atom. The second-order valence-electron chi connectivity index (χ2n) is 12.9. The lowest BCUT2D eigenvalue weighted by Crippen LogP contribution is -1.96. The van der Waals surface area contributed by atoms with Crippen LogP contribution in [-0.4, -0.2) is 9.97 Å². The van der Waals surface area contributed by atoms with E-state index >= 15 is 0 Å². The fraction of sp³-hybridized carbons (Fsp3) is 0. The summed E-state index contributed by atoms with van der Waals surface area (Å²) in [4.78, 5) is 10.1. The van der Waals surface area contributed by atoms with Crippen LogP contribution in [0.2, 0.25) is 0 Å². The summed E-state index contributed by atoms with van der Waals surface area (Å²) in [5.41, 5.74) is 15.1. The van der Waals surface area contributed by atoms with Crippen molar-refractivity contribution in [2.24, 2.45) is 0 Å². The number of fused-ring (bicyclic) bond motifs is 4. The third kappa shape index (κ3) is 4.57. The highest BCUT2D eigenvalue weighted by atomic mass is 14.9. The molecule has 1 aliphatic rings. The first kappa shape index (κ1) is 28.4. The van der Waals surface area contributed by atoms with Gasteiger partial charge >= 0.3 is 0 Å². The second-order valence-corrected chi connectivity index (χ2v) is 12.9. The monoisotopic (exact) mass is 634 g/mol. The predicted molar refractivity (Wildman–Crippen MR) is 209 cm³/mol. The normalized spacial score (nSPS) is 11.6. The lowest BCUT2D eigenvalue weighted by atomic mass is 9.86. The fourth-order valence-electron chi connectivity index (χ4n) is 7.73.